The highest BCUT2D eigenvalue weighted by atomic mass is 32.2. The van der Waals surface area contributed by atoms with Crippen LogP contribution in [0.25, 0.3) is 10.7 Å². The first kappa shape index (κ1) is 15.0. The van der Waals surface area contributed by atoms with Gasteiger partial charge in [-0.3, -0.25) is 14.7 Å². The summed E-state index contributed by atoms with van der Waals surface area (Å²) in [5, 5.41) is 13.4. The molecule has 1 aliphatic rings. The molecule has 0 atom stereocenters. The van der Waals surface area contributed by atoms with Gasteiger partial charge in [0.05, 0.1) is 4.88 Å². The Bertz CT molecular complexity index is 679. The SMILES string of the molecule is NC(=O)NC(=O)CCSc1nnc(-c2cccs2)n1C1CC1. The summed E-state index contributed by atoms with van der Waals surface area (Å²) in [6.45, 7) is 0. The summed E-state index contributed by atoms with van der Waals surface area (Å²) >= 11 is 3.11. The molecule has 0 spiro atoms. The lowest BCUT2D eigenvalue weighted by Crippen LogP contribution is -2.35. The van der Waals surface area contributed by atoms with E-state index in [1.165, 1.54) is 11.8 Å². The Morgan fingerprint density at radius 1 is 1.45 bits per heavy atom. The van der Waals surface area contributed by atoms with Crippen molar-refractivity contribution in [1.82, 2.24) is 20.1 Å². The van der Waals surface area contributed by atoms with E-state index in [4.69, 9.17) is 5.73 Å². The lowest BCUT2D eigenvalue weighted by atomic mass is 10.4. The summed E-state index contributed by atoms with van der Waals surface area (Å²) in [6.07, 6.45) is 2.47. The molecule has 2 aromatic heterocycles. The minimum absolute atomic E-state index is 0.208. The lowest BCUT2D eigenvalue weighted by molar-refractivity contribution is -0.119. The van der Waals surface area contributed by atoms with Crippen LogP contribution in [0.4, 0.5) is 4.79 Å². The van der Waals surface area contributed by atoms with Crippen LogP contribution >= 0.6 is 23.1 Å². The minimum Gasteiger partial charge on any atom is -0.351 e. The zero-order valence-corrected chi connectivity index (χ0v) is 13.3. The molecule has 22 heavy (non-hydrogen) atoms. The van der Waals surface area contributed by atoms with Crippen LogP contribution in [-0.2, 0) is 4.79 Å². The first-order valence-corrected chi connectivity index (χ1v) is 8.72. The Labute approximate surface area is 135 Å². The molecule has 3 rings (SSSR count). The fraction of sp³-hybridized carbons (Fsp3) is 0.385. The third-order valence-electron chi connectivity index (χ3n) is 3.14. The predicted octanol–water partition coefficient (Wildman–Crippen LogP) is 2.02. The highest BCUT2D eigenvalue weighted by Crippen LogP contribution is 2.41. The van der Waals surface area contributed by atoms with Crippen LogP contribution in [0.3, 0.4) is 0 Å². The van der Waals surface area contributed by atoms with E-state index in [1.807, 2.05) is 17.5 Å². The van der Waals surface area contributed by atoms with Gasteiger partial charge >= 0.3 is 6.03 Å². The van der Waals surface area contributed by atoms with E-state index in [-0.39, 0.29) is 12.3 Å². The van der Waals surface area contributed by atoms with Crippen molar-refractivity contribution in [3.63, 3.8) is 0 Å². The third-order valence-corrected chi connectivity index (χ3v) is 4.95. The summed E-state index contributed by atoms with van der Waals surface area (Å²) in [5.74, 6) is 1.03. The van der Waals surface area contributed by atoms with Gasteiger partial charge < -0.3 is 5.73 Å². The molecule has 1 fully saturated rings. The number of carbonyl (C=O) groups excluding carboxylic acids is 2. The van der Waals surface area contributed by atoms with Gasteiger partial charge in [0, 0.05) is 18.2 Å². The van der Waals surface area contributed by atoms with E-state index in [2.05, 4.69) is 20.1 Å². The number of thiophene rings is 1. The summed E-state index contributed by atoms with van der Waals surface area (Å²) in [7, 11) is 0. The number of urea groups is 1. The molecule has 116 valence electrons. The third kappa shape index (κ3) is 3.47. The molecular weight excluding hydrogens is 322 g/mol. The maximum atomic E-state index is 11.4. The van der Waals surface area contributed by atoms with Crippen molar-refractivity contribution >= 4 is 35.0 Å². The molecule has 0 aromatic carbocycles. The number of imide groups is 1. The van der Waals surface area contributed by atoms with E-state index in [0.29, 0.717) is 11.8 Å². The van der Waals surface area contributed by atoms with Crippen LogP contribution in [0.5, 0.6) is 0 Å². The Kier molecular flexibility index (Phi) is 4.44. The van der Waals surface area contributed by atoms with Crippen molar-refractivity contribution in [1.29, 1.82) is 0 Å². The van der Waals surface area contributed by atoms with Crippen LogP contribution in [0.2, 0.25) is 0 Å². The number of rotatable bonds is 6. The monoisotopic (exact) mass is 337 g/mol. The topological polar surface area (TPSA) is 103 Å². The molecule has 2 heterocycles. The number of thioether (sulfide) groups is 1. The van der Waals surface area contributed by atoms with Crippen molar-refractivity contribution in [2.45, 2.75) is 30.5 Å². The van der Waals surface area contributed by atoms with Crippen molar-refractivity contribution in [2.75, 3.05) is 5.75 Å². The van der Waals surface area contributed by atoms with E-state index < -0.39 is 6.03 Å². The smallest absolute Gasteiger partial charge is 0.318 e. The van der Waals surface area contributed by atoms with Crippen LogP contribution in [0.1, 0.15) is 25.3 Å². The number of aromatic nitrogens is 3. The highest BCUT2D eigenvalue weighted by Gasteiger charge is 2.30. The number of hydrogen-bond acceptors (Lipinski definition) is 6. The van der Waals surface area contributed by atoms with Crippen LogP contribution in [0, 0.1) is 0 Å². The molecule has 0 aliphatic heterocycles. The fourth-order valence-electron chi connectivity index (χ4n) is 2.05. The number of nitrogens with zero attached hydrogens (tertiary/aromatic N) is 3. The van der Waals surface area contributed by atoms with Gasteiger partial charge in [-0.2, -0.15) is 0 Å². The second kappa shape index (κ2) is 6.49. The number of hydrogen-bond donors (Lipinski definition) is 2. The van der Waals surface area contributed by atoms with Gasteiger partial charge in [0.15, 0.2) is 11.0 Å². The van der Waals surface area contributed by atoms with E-state index in [1.54, 1.807) is 11.3 Å². The minimum atomic E-state index is -0.823. The maximum Gasteiger partial charge on any atom is 0.318 e. The Hall–Kier alpha value is -1.87. The molecule has 9 heteroatoms. The number of carbonyl (C=O) groups is 2. The predicted molar refractivity (Wildman–Crippen MR) is 84.7 cm³/mol. The molecule has 0 radical (unpaired) electrons. The van der Waals surface area contributed by atoms with Gasteiger partial charge in [0.1, 0.15) is 0 Å². The van der Waals surface area contributed by atoms with Gasteiger partial charge in [-0.15, -0.1) is 21.5 Å². The number of nitrogens with two attached hydrogens (primary N) is 1. The molecule has 1 saturated carbocycles. The zero-order valence-electron chi connectivity index (χ0n) is 11.7. The fourth-order valence-corrected chi connectivity index (χ4v) is 3.69. The zero-order chi connectivity index (χ0) is 15.5. The number of nitrogens with one attached hydrogen (secondary N) is 1. The molecular formula is C13H15N5O2S2. The van der Waals surface area contributed by atoms with Crippen molar-refractivity contribution in [3.8, 4) is 10.7 Å². The van der Waals surface area contributed by atoms with Crippen LogP contribution in [0.15, 0.2) is 22.7 Å². The van der Waals surface area contributed by atoms with Gasteiger partial charge in [-0.1, -0.05) is 17.8 Å². The van der Waals surface area contributed by atoms with E-state index >= 15 is 0 Å². The van der Waals surface area contributed by atoms with Gasteiger partial charge in [0.2, 0.25) is 5.91 Å². The standard InChI is InChI=1S/C13H15N5O2S2/c14-12(20)15-10(19)5-7-22-13-17-16-11(9-2-1-6-21-9)18(13)8-3-4-8/h1-2,6,8H,3-5,7H2,(H3,14,15,19,20). The molecule has 0 unspecified atom stereocenters. The largest absolute Gasteiger partial charge is 0.351 e. The Balaban J connectivity index is 1.67. The molecule has 2 aromatic rings. The molecule has 7 nitrogen and oxygen atoms in total. The van der Waals surface area contributed by atoms with Gasteiger partial charge in [-0.25, -0.2) is 4.79 Å². The normalized spacial score (nSPS) is 14.0. The van der Waals surface area contributed by atoms with E-state index in [0.717, 1.165) is 28.7 Å². The first-order valence-electron chi connectivity index (χ1n) is 6.86. The summed E-state index contributed by atoms with van der Waals surface area (Å²) < 4.78 is 2.16. The summed E-state index contributed by atoms with van der Waals surface area (Å²) in [4.78, 5) is 23.1. The summed E-state index contributed by atoms with van der Waals surface area (Å²) in [6, 6.07) is 3.65. The Morgan fingerprint density at radius 2 is 2.27 bits per heavy atom. The lowest BCUT2D eigenvalue weighted by Gasteiger charge is -2.07. The number of amides is 3. The van der Waals surface area contributed by atoms with Gasteiger partial charge in [0.25, 0.3) is 0 Å². The highest BCUT2D eigenvalue weighted by molar-refractivity contribution is 7.99. The van der Waals surface area contributed by atoms with Gasteiger partial charge in [-0.05, 0) is 24.3 Å². The van der Waals surface area contributed by atoms with Crippen LogP contribution < -0.4 is 11.1 Å². The average Bonchev–Trinajstić information content (AvgIpc) is 3.00. The maximum absolute atomic E-state index is 11.4. The molecule has 0 saturated heterocycles. The first-order chi connectivity index (χ1) is 10.6. The van der Waals surface area contributed by atoms with Crippen LogP contribution in [-0.4, -0.2) is 32.5 Å². The van der Waals surface area contributed by atoms with E-state index in [9.17, 15) is 9.59 Å². The second-order valence-electron chi connectivity index (χ2n) is 4.90. The molecule has 3 N–H and O–H groups in total. The second-order valence-corrected chi connectivity index (χ2v) is 6.91. The Morgan fingerprint density at radius 3 is 2.91 bits per heavy atom. The molecule has 3 amide bonds. The molecule has 0 bridgehead atoms. The van der Waals surface area contributed by atoms with Crippen molar-refractivity contribution < 1.29 is 9.59 Å². The molecule has 1 aliphatic carbocycles. The quantitative estimate of drug-likeness (QED) is 0.785. The average molecular weight is 337 g/mol. The summed E-state index contributed by atoms with van der Waals surface area (Å²) in [5.41, 5.74) is 4.90. The van der Waals surface area contributed by atoms with Crippen molar-refractivity contribution in [2.24, 2.45) is 5.73 Å². The number of primary amides is 1. The van der Waals surface area contributed by atoms with Crippen molar-refractivity contribution in [3.05, 3.63) is 17.5 Å².